The summed E-state index contributed by atoms with van der Waals surface area (Å²) in [7, 11) is 1.46. The van der Waals surface area contributed by atoms with Crippen LogP contribution in [0, 0.1) is 5.82 Å². The molecule has 0 atom stereocenters. The lowest BCUT2D eigenvalue weighted by Crippen LogP contribution is -1.92. The van der Waals surface area contributed by atoms with Crippen LogP contribution in [-0.4, -0.2) is 7.11 Å². The standard InChI is InChI=1S/C13H8Cl3FO/c1-18-12-4-2-3-11(17)13(12)7-5-9(15)10(16)6-8(7)14/h2-6H,1H3. The van der Waals surface area contributed by atoms with Gasteiger partial charge in [-0.1, -0.05) is 40.9 Å². The number of rotatable bonds is 2. The summed E-state index contributed by atoms with van der Waals surface area (Å²) in [5.41, 5.74) is 0.713. The highest BCUT2D eigenvalue weighted by Crippen LogP contribution is 2.40. The average molecular weight is 306 g/mol. The monoisotopic (exact) mass is 304 g/mol. The van der Waals surface area contributed by atoms with Crippen molar-refractivity contribution in [2.75, 3.05) is 7.11 Å². The summed E-state index contributed by atoms with van der Waals surface area (Å²) in [6, 6.07) is 7.54. The quantitative estimate of drug-likeness (QED) is 0.669. The third-order valence-electron chi connectivity index (χ3n) is 2.47. The molecular weight excluding hydrogens is 297 g/mol. The van der Waals surface area contributed by atoms with Crippen molar-refractivity contribution in [3.05, 3.63) is 51.2 Å². The Morgan fingerprint density at radius 1 is 1.00 bits per heavy atom. The highest BCUT2D eigenvalue weighted by Gasteiger charge is 2.16. The largest absolute Gasteiger partial charge is 0.496 e. The van der Waals surface area contributed by atoms with Gasteiger partial charge in [-0.2, -0.15) is 0 Å². The number of hydrogen-bond donors (Lipinski definition) is 0. The average Bonchev–Trinajstić information content (AvgIpc) is 2.34. The maximum Gasteiger partial charge on any atom is 0.134 e. The molecule has 0 unspecified atom stereocenters. The van der Waals surface area contributed by atoms with E-state index < -0.39 is 5.82 Å². The van der Waals surface area contributed by atoms with Crippen LogP contribution in [0.2, 0.25) is 15.1 Å². The van der Waals surface area contributed by atoms with Gasteiger partial charge in [0.25, 0.3) is 0 Å². The topological polar surface area (TPSA) is 9.23 Å². The van der Waals surface area contributed by atoms with E-state index in [0.717, 1.165) is 0 Å². The van der Waals surface area contributed by atoms with Crippen LogP contribution in [0.15, 0.2) is 30.3 Å². The number of methoxy groups -OCH3 is 1. The Morgan fingerprint density at radius 3 is 2.33 bits per heavy atom. The lowest BCUT2D eigenvalue weighted by atomic mass is 10.0. The molecule has 0 aliphatic heterocycles. The molecule has 2 rings (SSSR count). The lowest BCUT2D eigenvalue weighted by Gasteiger charge is -2.12. The highest BCUT2D eigenvalue weighted by molar-refractivity contribution is 6.44. The van der Waals surface area contributed by atoms with E-state index >= 15 is 0 Å². The van der Waals surface area contributed by atoms with Crippen LogP contribution >= 0.6 is 34.8 Å². The Bertz CT molecular complexity index is 599. The zero-order valence-corrected chi connectivity index (χ0v) is 11.6. The van der Waals surface area contributed by atoms with Gasteiger partial charge in [-0.15, -0.1) is 0 Å². The number of ether oxygens (including phenoxy) is 1. The molecule has 0 aromatic heterocycles. The van der Waals surface area contributed by atoms with E-state index in [9.17, 15) is 4.39 Å². The van der Waals surface area contributed by atoms with Crippen molar-refractivity contribution in [2.45, 2.75) is 0 Å². The van der Waals surface area contributed by atoms with Gasteiger partial charge in [0.05, 0.1) is 27.7 Å². The van der Waals surface area contributed by atoms with Gasteiger partial charge in [0.2, 0.25) is 0 Å². The molecule has 0 bridgehead atoms. The van der Waals surface area contributed by atoms with Crippen molar-refractivity contribution in [2.24, 2.45) is 0 Å². The molecule has 0 N–H and O–H groups in total. The van der Waals surface area contributed by atoms with E-state index in [2.05, 4.69) is 0 Å². The fourth-order valence-electron chi connectivity index (χ4n) is 1.65. The predicted molar refractivity (Wildman–Crippen MR) is 73.4 cm³/mol. The first-order valence-electron chi connectivity index (χ1n) is 5.02. The second kappa shape index (κ2) is 5.35. The fourth-order valence-corrected chi connectivity index (χ4v) is 2.29. The third kappa shape index (κ3) is 2.41. The Labute approximate surface area is 119 Å². The second-order valence-corrected chi connectivity index (χ2v) is 4.78. The Kier molecular flexibility index (Phi) is 4.00. The van der Waals surface area contributed by atoms with Gasteiger partial charge in [-0.25, -0.2) is 4.39 Å². The van der Waals surface area contributed by atoms with Gasteiger partial charge in [-0.3, -0.25) is 0 Å². The molecule has 94 valence electrons. The van der Waals surface area contributed by atoms with Crippen molar-refractivity contribution in [3.63, 3.8) is 0 Å². The number of hydrogen-bond acceptors (Lipinski definition) is 1. The molecule has 0 amide bonds. The molecule has 0 heterocycles. The molecular formula is C13H8Cl3FO. The number of halogens is 4. The summed E-state index contributed by atoms with van der Waals surface area (Å²) in [5, 5.41) is 0.940. The molecule has 0 spiro atoms. The van der Waals surface area contributed by atoms with E-state index in [1.54, 1.807) is 12.1 Å². The molecule has 0 saturated heterocycles. The van der Waals surface area contributed by atoms with Crippen molar-refractivity contribution >= 4 is 34.8 Å². The highest BCUT2D eigenvalue weighted by atomic mass is 35.5. The summed E-state index contributed by atoms with van der Waals surface area (Å²) >= 11 is 17.8. The van der Waals surface area contributed by atoms with Crippen LogP contribution in [0.1, 0.15) is 0 Å². The molecule has 2 aromatic rings. The maximum absolute atomic E-state index is 13.9. The van der Waals surface area contributed by atoms with Crippen LogP contribution in [0.25, 0.3) is 11.1 Å². The Morgan fingerprint density at radius 2 is 1.67 bits per heavy atom. The van der Waals surface area contributed by atoms with E-state index in [1.165, 1.54) is 25.3 Å². The minimum absolute atomic E-state index is 0.267. The van der Waals surface area contributed by atoms with Gasteiger partial charge in [-0.05, 0) is 24.3 Å². The molecule has 0 fully saturated rings. The van der Waals surface area contributed by atoms with Gasteiger partial charge < -0.3 is 4.74 Å². The van der Waals surface area contributed by atoms with Crippen molar-refractivity contribution in [1.29, 1.82) is 0 Å². The van der Waals surface area contributed by atoms with Crippen molar-refractivity contribution in [3.8, 4) is 16.9 Å². The molecule has 0 radical (unpaired) electrons. The first-order chi connectivity index (χ1) is 8.54. The Hall–Kier alpha value is -0.960. The second-order valence-electron chi connectivity index (χ2n) is 3.56. The first kappa shape index (κ1) is 13.5. The van der Waals surface area contributed by atoms with Gasteiger partial charge in [0, 0.05) is 5.56 Å². The van der Waals surface area contributed by atoms with Crippen LogP contribution in [0.3, 0.4) is 0 Å². The van der Waals surface area contributed by atoms with Crippen molar-refractivity contribution in [1.82, 2.24) is 0 Å². The zero-order valence-electron chi connectivity index (χ0n) is 9.31. The van der Waals surface area contributed by atoms with E-state index in [0.29, 0.717) is 26.4 Å². The first-order valence-corrected chi connectivity index (χ1v) is 6.15. The van der Waals surface area contributed by atoms with Crippen LogP contribution in [0.4, 0.5) is 4.39 Å². The lowest BCUT2D eigenvalue weighted by molar-refractivity contribution is 0.413. The molecule has 0 aliphatic carbocycles. The fraction of sp³-hybridized carbons (Fsp3) is 0.0769. The van der Waals surface area contributed by atoms with Crippen molar-refractivity contribution < 1.29 is 9.13 Å². The van der Waals surface area contributed by atoms with Gasteiger partial charge in [0.1, 0.15) is 11.6 Å². The van der Waals surface area contributed by atoms with Crippen LogP contribution in [-0.2, 0) is 0 Å². The summed E-state index contributed by atoms with van der Waals surface area (Å²) in [6.45, 7) is 0. The van der Waals surface area contributed by atoms with Crippen LogP contribution in [0.5, 0.6) is 5.75 Å². The Balaban J connectivity index is 2.73. The summed E-state index contributed by atoms with van der Waals surface area (Å²) in [6.07, 6.45) is 0. The smallest absolute Gasteiger partial charge is 0.134 e. The maximum atomic E-state index is 13.9. The predicted octanol–water partition coefficient (Wildman–Crippen LogP) is 5.46. The molecule has 5 heteroatoms. The third-order valence-corrected chi connectivity index (χ3v) is 3.51. The van der Waals surface area contributed by atoms with E-state index in [1.807, 2.05) is 0 Å². The summed E-state index contributed by atoms with van der Waals surface area (Å²) < 4.78 is 19.1. The van der Waals surface area contributed by atoms with E-state index in [4.69, 9.17) is 39.5 Å². The summed E-state index contributed by atoms with van der Waals surface area (Å²) in [4.78, 5) is 0. The SMILES string of the molecule is COc1cccc(F)c1-c1cc(Cl)c(Cl)cc1Cl. The van der Waals surface area contributed by atoms with E-state index in [-0.39, 0.29) is 5.56 Å². The molecule has 0 aliphatic rings. The van der Waals surface area contributed by atoms with Gasteiger partial charge >= 0.3 is 0 Å². The van der Waals surface area contributed by atoms with Crippen LogP contribution < -0.4 is 4.74 Å². The summed E-state index contributed by atoms with van der Waals surface area (Å²) in [5.74, 6) is -0.0510. The van der Waals surface area contributed by atoms with Gasteiger partial charge in [0.15, 0.2) is 0 Å². The molecule has 0 saturated carbocycles. The molecule has 2 aromatic carbocycles. The molecule has 18 heavy (non-hydrogen) atoms. The number of benzene rings is 2. The normalized spacial score (nSPS) is 10.5. The zero-order chi connectivity index (χ0) is 13.3. The minimum atomic E-state index is -0.436. The minimum Gasteiger partial charge on any atom is -0.496 e. The molecule has 1 nitrogen and oxygen atoms in total.